The second kappa shape index (κ2) is 7.26. The predicted molar refractivity (Wildman–Crippen MR) is 99.0 cm³/mol. The maximum atomic E-state index is 12.4. The summed E-state index contributed by atoms with van der Waals surface area (Å²) in [7, 11) is -3.81. The molecule has 1 atom stereocenters. The van der Waals surface area contributed by atoms with Gasteiger partial charge in [0, 0.05) is 6.42 Å². The van der Waals surface area contributed by atoms with Crippen LogP contribution in [0.25, 0.3) is 0 Å². The van der Waals surface area contributed by atoms with Crippen LogP contribution in [-0.4, -0.2) is 31.1 Å². The van der Waals surface area contributed by atoms with E-state index < -0.39 is 22.0 Å². The summed E-state index contributed by atoms with van der Waals surface area (Å²) in [6.07, 6.45) is 1.97. The first-order chi connectivity index (χ1) is 12.3. The summed E-state index contributed by atoms with van der Waals surface area (Å²) in [5, 5.41) is 2.91. The Hall–Kier alpha value is -2.10. The summed E-state index contributed by atoms with van der Waals surface area (Å²) >= 11 is 1.14. The molecular formula is C17H19N3O4S2. The lowest BCUT2D eigenvalue weighted by Gasteiger charge is -2.13. The highest BCUT2D eigenvalue weighted by molar-refractivity contribution is 7.89. The van der Waals surface area contributed by atoms with E-state index in [2.05, 4.69) is 15.0 Å². The van der Waals surface area contributed by atoms with E-state index in [-0.39, 0.29) is 10.7 Å². The summed E-state index contributed by atoms with van der Waals surface area (Å²) in [5.41, 5.74) is 1.64. The SMILES string of the molecule is Cc1ccc(S(=O)(=O)NC(C)C(=O)Nc2nc3c(s2)C(=O)CCC3)cc1. The molecule has 2 N–H and O–H groups in total. The van der Waals surface area contributed by atoms with Gasteiger partial charge in [-0.25, -0.2) is 13.4 Å². The first-order valence-corrected chi connectivity index (χ1v) is 10.5. The number of hydrogen-bond donors (Lipinski definition) is 2. The van der Waals surface area contributed by atoms with Crippen molar-refractivity contribution in [1.29, 1.82) is 0 Å². The molecule has 2 aromatic rings. The lowest BCUT2D eigenvalue weighted by Crippen LogP contribution is -2.41. The molecule has 9 heteroatoms. The Morgan fingerprint density at radius 3 is 2.58 bits per heavy atom. The van der Waals surface area contributed by atoms with Gasteiger partial charge in [0.15, 0.2) is 10.9 Å². The normalized spacial score (nSPS) is 15.4. The van der Waals surface area contributed by atoms with Crippen molar-refractivity contribution < 1.29 is 18.0 Å². The van der Waals surface area contributed by atoms with Gasteiger partial charge in [0.2, 0.25) is 15.9 Å². The predicted octanol–water partition coefficient (Wildman–Crippen LogP) is 2.28. The van der Waals surface area contributed by atoms with Crippen LogP contribution in [-0.2, 0) is 21.2 Å². The van der Waals surface area contributed by atoms with E-state index in [1.165, 1.54) is 19.1 Å². The second-order valence-corrected chi connectivity index (χ2v) is 8.93. The molecule has 26 heavy (non-hydrogen) atoms. The van der Waals surface area contributed by atoms with Crippen LogP contribution in [0.5, 0.6) is 0 Å². The van der Waals surface area contributed by atoms with Crippen LogP contribution in [0.4, 0.5) is 5.13 Å². The fourth-order valence-corrected chi connectivity index (χ4v) is 4.79. The molecule has 1 aromatic carbocycles. The number of nitrogens with one attached hydrogen (secondary N) is 2. The monoisotopic (exact) mass is 393 g/mol. The Bertz CT molecular complexity index is 949. The van der Waals surface area contributed by atoms with Gasteiger partial charge in [-0.1, -0.05) is 29.0 Å². The molecule has 1 aliphatic carbocycles. The van der Waals surface area contributed by atoms with Crippen LogP contribution in [0.2, 0.25) is 0 Å². The number of carbonyl (C=O) groups is 2. The van der Waals surface area contributed by atoms with Gasteiger partial charge in [-0.05, 0) is 38.8 Å². The van der Waals surface area contributed by atoms with Crippen LogP contribution >= 0.6 is 11.3 Å². The van der Waals surface area contributed by atoms with Crippen LogP contribution in [0, 0.1) is 6.92 Å². The molecule has 0 saturated heterocycles. The van der Waals surface area contributed by atoms with E-state index in [9.17, 15) is 18.0 Å². The Morgan fingerprint density at radius 2 is 1.92 bits per heavy atom. The molecule has 7 nitrogen and oxygen atoms in total. The lowest BCUT2D eigenvalue weighted by atomic mass is 10.0. The number of benzene rings is 1. The summed E-state index contributed by atoms with van der Waals surface area (Å²) < 4.78 is 27.1. The molecular weight excluding hydrogens is 374 g/mol. The molecule has 1 aliphatic rings. The Morgan fingerprint density at radius 1 is 1.23 bits per heavy atom. The molecule has 1 aromatic heterocycles. The molecule has 1 heterocycles. The largest absolute Gasteiger partial charge is 0.301 e. The zero-order valence-corrected chi connectivity index (χ0v) is 16.0. The minimum atomic E-state index is -3.81. The number of anilines is 1. The van der Waals surface area contributed by atoms with Gasteiger partial charge >= 0.3 is 0 Å². The van der Waals surface area contributed by atoms with Crippen molar-refractivity contribution >= 4 is 38.2 Å². The Labute approximate surface area is 155 Å². The third-order valence-corrected chi connectivity index (χ3v) is 6.67. The van der Waals surface area contributed by atoms with Crippen LogP contribution in [0.3, 0.4) is 0 Å². The molecule has 1 amide bonds. The van der Waals surface area contributed by atoms with Crippen molar-refractivity contribution in [1.82, 2.24) is 9.71 Å². The van der Waals surface area contributed by atoms with Crippen molar-refractivity contribution in [3.63, 3.8) is 0 Å². The van der Waals surface area contributed by atoms with E-state index in [1.807, 2.05) is 6.92 Å². The third kappa shape index (κ3) is 4.00. The highest BCUT2D eigenvalue weighted by Gasteiger charge is 2.25. The van der Waals surface area contributed by atoms with Gasteiger partial charge in [-0.2, -0.15) is 4.72 Å². The molecule has 0 bridgehead atoms. The molecule has 0 radical (unpaired) electrons. The molecule has 1 unspecified atom stereocenters. The van der Waals surface area contributed by atoms with Gasteiger partial charge in [0.25, 0.3) is 0 Å². The zero-order chi connectivity index (χ0) is 18.9. The molecule has 0 aliphatic heterocycles. The second-order valence-electron chi connectivity index (χ2n) is 6.22. The number of thiazole rings is 1. The topological polar surface area (TPSA) is 105 Å². The minimum absolute atomic E-state index is 0.0392. The number of rotatable bonds is 5. The number of aryl methyl sites for hydroxylation is 2. The van der Waals surface area contributed by atoms with Crippen molar-refractivity contribution in [3.8, 4) is 0 Å². The average Bonchev–Trinajstić information content (AvgIpc) is 2.98. The van der Waals surface area contributed by atoms with E-state index >= 15 is 0 Å². The fourth-order valence-electron chi connectivity index (χ4n) is 2.61. The highest BCUT2D eigenvalue weighted by atomic mass is 32.2. The van der Waals surface area contributed by atoms with Gasteiger partial charge in [-0.3, -0.25) is 9.59 Å². The molecule has 138 valence electrons. The van der Waals surface area contributed by atoms with Gasteiger partial charge in [0.05, 0.1) is 21.5 Å². The highest BCUT2D eigenvalue weighted by Crippen LogP contribution is 2.29. The number of fused-ring (bicyclic) bond motifs is 1. The van der Waals surface area contributed by atoms with Crippen LogP contribution < -0.4 is 10.0 Å². The number of sulfonamides is 1. The van der Waals surface area contributed by atoms with Crippen LogP contribution in [0.15, 0.2) is 29.2 Å². The number of nitrogens with zero attached hydrogens (tertiary/aromatic N) is 1. The van der Waals surface area contributed by atoms with Crippen molar-refractivity contribution in [3.05, 3.63) is 40.4 Å². The quantitative estimate of drug-likeness (QED) is 0.811. The van der Waals surface area contributed by atoms with Gasteiger partial charge in [-0.15, -0.1) is 0 Å². The third-order valence-electron chi connectivity index (χ3n) is 4.05. The fraction of sp³-hybridized carbons (Fsp3) is 0.353. The van der Waals surface area contributed by atoms with Crippen molar-refractivity contribution in [2.75, 3.05) is 5.32 Å². The summed E-state index contributed by atoms with van der Waals surface area (Å²) in [5.74, 6) is -0.489. The smallest absolute Gasteiger partial charge is 0.244 e. The van der Waals surface area contributed by atoms with E-state index in [0.29, 0.717) is 28.5 Å². The first-order valence-electron chi connectivity index (χ1n) is 8.19. The minimum Gasteiger partial charge on any atom is -0.301 e. The van der Waals surface area contributed by atoms with Gasteiger partial charge in [0.1, 0.15) is 0 Å². The summed E-state index contributed by atoms with van der Waals surface area (Å²) in [6.45, 7) is 3.32. The maximum Gasteiger partial charge on any atom is 0.244 e. The molecule has 0 fully saturated rings. The Balaban J connectivity index is 1.68. The average molecular weight is 393 g/mol. The first kappa shape index (κ1) is 18.7. The zero-order valence-electron chi connectivity index (χ0n) is 14.4. The van der Waals surface area contributed by atoms with Crippen molar-refractivity contribution in [2.24, 2.45) is 0 Å². The molecule has 0 saturated carbocycles. The number of aromatic nitrogens is 1. The Kier molecular flexibility index (Phi) is 5.22. The standard InChI is InChI=1S/C17H19N3O4S2/c1-10-6-8-12(9-7-10)26(23,24)20-11(2)16(22)19-17-18-13-4-3-5-14(21)15(13)25-17/h6-9,11,20H,3-5H2,1-2H3,(H,18,19,22). The lowest BCUT2D eigenvalue weighted by molar-refractivity contribution is -0.117. The maximum absolute atomic E-state index is 12.4. The van der Waals surface area contributed by atoms with Gasteiger partial charge < -0.3 is 5.32 Å². The molecule has 0 spiro atoms. The number of ketones is 1. The number of amides is 1. The number of Topliss-reactive ketones (excluding diaryl/α,β-unsaturated/α-hetero) is 1. The van der Waals surface area contributed by atoms with Crippen LogP contribution in [0.1, 0.15) is 40.7 Å². The van der Waals surface area contributed by atoms with E-state index in [1.54, 1.807) is 12.1 Å². The molecule has 3 rings (SSSR count). The number of carbonyl (C=O) groups excluding carboxylic acids is 2. The van der Waals surface area contributed by atoms with E-state index in [0.717, 1.165) is 23.3 Å². The van der Waals surface area contributed by atoms with Crippen molar-refractivity contribution in [2.45, 2.75) is 44.0 Å². The summed E-state index contributed by atoms with van der Waals surface area (Å²) in [4.78, 5) is 29.1. The number of hydrogen-bond acceptors (Lipinski definition) is 6. The van der Waals surface area contributed by atoms with E-state index in [4.69, 9.17) is 0 Å². The summed E-state index contributed by atoms with van der Waals surface area (Å²) in [6, 6.07) is 5.37.